The van der Waals surface area contributed by atoms with Crippen LogP contribution in [-0.2, 0) is 22.3 Å². The number of esters is 2. The molecule has 36 heavy (non-hydrogen) atoms. The minimum atomic E-state index is -0.406. The fraction of sp³-hybridized carbons (Fsp3) is 0.267. The Morgan fingerprint density at radius 1 is 0.722 bits per heavy atom. The molecule has 0 aliphatic heterocycles. The molecule has 186 valence electrons. The molecule has 0 fully saturated rings. The molecule has 0 unspecified atom stereocenters. The first-order valence-electron chi connectivity index (χ1n) is 12.2. The molecule has 0 saturated carbocycles. The smallest absolute Gasteiger partial charge is 0.354 e. The van der Waals surface area contributed by atoms with Gasteiger partial charge in [0.1, 0.15) is 11.4 Å². The van der Waals surface area contributed by atoms with Crippen LogP contribution in [0.3, 0.4) is 0 Å². The summed E-state index contributed by atoms with van der Waals surface area (Å²) >= 11 is 0. The molecule has 2 aromatic heterocycles. The third-order valence-corrected chi connectivity index (χ3v) is 6.43. The van der Waals surface area contributed by atoms with Gasteiger partial charge < -0.3 is 19.4 Å². The van der Waals surface area contributed by atoms with Gasteiger partial charge in [-0.15, -0.1) is 0 Å². The van der Waals surface area contributed by atoms with Gasteiger partial charge in [-0.05, 0) is 53.6 Å². The highest BCUT2D eigenvalue weighted by Crippen LogP contribution is 2.35. The second kappa shape index (κ2) is 11.6. The lowest BCUT2D eigenvalue weighted by Crippen LogP contribution is -2.10. The summed E-state index contributed by atoms with van der Waals surface area (Å²) in [5.41, 5.74) is 7.10. The number of methoxy groups -OCH3 is 2. The summed E-state index contributed by atoms with van der Waals surface area (Å²) in [7, 11) is 2.77. The van der Waals surface area contributed by atoms with Gasteiger partial charge in [-0.1, -0.05) is 74.0 Å². The zero-order valence-corrected chi connectivity index (χ0v) is 21.0. The molecule has 6 heteroatoms. The summed E-state index contributed by atoms with van der Waals surface area (Å²) in [6.07, 6.45) is 3.08. The molecule has 2 N–H and O–H groups in total. The van der Waals surface area contributed by atoms with Crippen molar-refractivity contribution in [2.75, 3.05) is 14.2 Å². The van der Waals surface area contributed by atoms with Crippen LogP contribution in [0.2, 0.25) is 0 Å². The van der Waals surface area contributed by atoms with Gasteiger partial charge in [0.05, 0.1) is 14.2 Å². The first kappa shape index (κ1) is 25.0. The number of carbonyl (C=O) groups is 2. The Morgan fingerprint density at radius 2 is 1.14 bits per heavy atom. The van der Waals surface area contributed by atoms with E-state index >= 15 is 0 Å². The Hall–Kier alpha value is -4.06. The molecule has 2 aromatic carbocycles. The van der Waals surface area contributed by atoms with Crippen LogP contribution < -0.4 is 0 Å². The predicted octanol–water partition coefficient (Wildman–Crippen LogP) is 6.03. The van der Waals surface area contributed by atoms with Gasteiger partial charge in [0, 0.05) is 17.3 Å². The Kier molecular flexibility index (Phi) is 8.06. The van der Waals surface area contributed by atoms with Gasteiger partial charge in [-0.2, -0.15) is 0 Å². The average molecular weight is 485 g/mol. The van der Waals surface area contributed by atoms with Gasteiger partial charge in [0.25, 0.3) is 0 Å². The summed E-state index contributed by atoms with van der Waals surface area (Å²) in [5.74, 6) is -0.890. The van der Waals surface area contributed by atoms with Gasteiger partial charge >= 0.3 is 11.9 Å². The van der Waals surface area contributed by atoms with Gasteiger partial charge in [0.15, 0.2) is 0 Å². The lowest BCUT2D eigenvalue weighted by atomic mass is 9.88. The number of H-pyrrole nitrogens is 2. The number of carbonyl (C=O) groups excluding carboxylic acids is 2. The van der Waals surface area contributed by atoms with Crippen LogP contribution >= 0.6 is 0 Å². The maximum absolute atomic E-state index is 12.5. The quantitative estimate of drug-likeness (QED) is 0.269. The van der Waals surface area contributed by atoms with Crippen LogP contribution in [0.1, 0.15) is 80.3 Å². The van der Waals surface area contributed by atoms with Crippen molar-refractivity contribution in [1.29, 1.82) is 0 Å². The number of aromatic nitrogens is 2. The topological polar surface area (TPSA) is 84.2 Å². The average Bonchev–Trinajstić information content (AvgIpc) is 3.52. The molecule has 0 aliphatic carbocycles. The SMILES string of the molecule is CCCC(c1[nH]c(C(=O)OC)cc1Cc1ccccc1)c1[nH]c(C(=O)OC)cc1Cc1ccccc1. The first-order valence-corrected chi connectivity index (χ1v) is 12.2. The monoisotopic (exact) mass is 484 g/mol. The van der Waals surface area contributed by atoms with E-state index in [9.17, 15) is 9.59 Å². The lowest BCUT2D eigenvalue weighted by Gasteiger charge is -2.19. The highest BCUT2D eigenvalue weighted by atomic mass is 16.5. The van der Waals surface area contributed by atoms with Gasteiger partial charge in [0.2, 0.25) is 0 Å². The fourth-order valence-electron chi connectivity index (χ4n) is 4.73. The summed E-state index contributed by atoms with van der Waals surface area (Å²) in [4.78, 5) is 31.7. The summed E-state index contributed by atoms with van der Waals surface area (Å²) in [6.45, 7) is 2.13. The molecular weight excluding hydrogens is 452 g/mol. The van der Waals surface area contributed by atoms with Crippen LogP contribution in [0.25, 0.3) is 0 Å². The molecule has 0 aliphatic rings. The van der Waals surface area contributed by atoms with Crippen molar-refractivity contribution in [2.24, 2.45) is 0 Å². The Morgan fingerprint density at radius 3 is 1.50 bits per heavy atom. The molecule has 0 radical (unpaired) electrons. The molecule has 4 aromatic rings. The normalized spacial score (nSPS) is 11.0. The van der Waals surface area contributed by atoms with Crippen LogP contribution in [0.4, 0.5) is 0 Å². The molecule has 0 bridgehead atoms. The molecule has 2 heterocycles. The lowest BCUT2D eigenvalue weighted by molar-refractivity contribution is 0.0586. The van der Waals surface area contributed by atoms with Crippen LogP contribution in [-0.4, -0.2) is 36.1 Å². The van der Waals surface area contributed by atoms with Crippen molar-refractivity contribution in [2.45, 2.75) is 38.5 Å². The van der Waals surface area contributed by atoms with E-state index in [0.717, 1.165) is 46.5 Å². The summed E-state index contributed by atoms with van der Waals surface area (Å²) < 4.78 is 10.0. The number of ether oxygens (including phenoxy) is 2. The van der Waals surface area contributed by atoms with E-state index in [2.05, 4.69) is 41.2 Å². The number of aromatic amines is 2. The van der Waals surface area contributed by atoms with Crippen molar-refractivity contribution in [1.82, 2.24) is 9.97 Å². The minimum absolute atomic E-state index is 0.0794. The fourth-order valence-corrected chi connectivity index (χ4v) is 4.73. The standard InChI is InChI=1S/C30H32N2O4/c1-4-11-24(27-22(16-20-12-7-5-8-13-20)18-25(31-27)29(33)35-2)28-23(17-21-14-9-6-10-15-21)19-26(32-28)30(34)36-3/h5-10,12-15,18-19,24,31-32H,4,11,16-17H2,1-3H3. The maximum Gasteiger partial charge on any atom is 0.354 e. The second-order valence-electron chi connectivity index (χ2n) is 8.89. The second-order valence-corrected chi connectivity index (χ2v) is 8.89. The Bertz CT molecular complexity index is 1210. The highest BCUT2D eigenvalue weighted by molar-refractivity contribution is 5.88. The molecule has 0 spiro atoms. The first-order chi connectivity index (χ1) is 17.5. The van der Waals surface area contributed by atoms with E-state index in [1.807, 2.05) is 48.5 Å². The van der Waals surface area contributed by atoms with Crippen molar-refractivity contribution >= 4 is 11.9 Å². The number of hydrogen-bond acceptors (Lipinski definition) is 4. The van der Waals surface area contributed by atoms with Gasteiger partial charge in [-0.25, -0.2) is 9.59 Å². The molecule has 0 atom stereocenters. The third-order valence-electron chi connectivity index (χ3n) is 6.43. The third kappa shape index (κ3) is 5.60. The van der Waals surface area contributed by atoms with E-state index in [0.29, 0.717) is 24.2 Å². The van der Waals surface area contributed by atoms with Crippen LogP contribution in [0.5, 0.6) is 0 Å². The van der Waals surface area contributed by atoms with Crippen molar-refractivity contribution in [3.8, 4) is 0 Å². The van der Waals surface area contributed by atoms with Crippen molar-refractivity contribution in [3.63, 3.8) is 0 Å². The zero-order valence-electron chi connectivity index (χ0n) is 21.0. The molecule has 4 rings (SSSR count). The van der Waals surface area contributed by atoms with Gasteiger partial charge in [-0.3, -0.25) is 0 Å². The van der Waals surface area contributed by atoms with Crippen LogP contribution in [0, 0.1) is 0 Å². The number of benzene rings is 2. The largest absolute Gasteiger partial charge is 0.464 e. The number of rotatable bonds is 10. The molecular formula is C30H32N2O4. The molecule has 0 saturated heterocycles. The van der Waals surface area contributed by atoms with Crippen molar-refractivity contribution in [3.05, 3.63) is 118 Å². The Labute approximate surface area is 211 Å². The molecule has 6 nitrogen and oxygen atoms in total. The maximum atomic E-state index is 12.5. The van der Waals surface area contributed by atoms with E-state index in [-0.39, 0.29) is 5.92 Å². The Balaban J connectivity index is 1.83. The number of nitrogens with one attached hydrogen (secondary N) is 2. The predicted molar refractivity (Wildman–Crippen MR) is 140 cm³/mol. The van der Waals surface area contributed by atoms with E-state index in [1.165, 1.54) is 14.2 Å². The highest BCUT2D eigenvalue weighted by Gasteiger charge is 2.27. The molecule has 0 amide bonds. The minimum Gasteiger partial charge on any atom is -0.464 e. The van der Waals surface area contributed by atoms with E-state index in [1.54, 1.807) is 0 Å². The zero-order chi connectivity index (χ0) is 25.5. The van der Waals surface area contributed by atoms with Crippen LogP contribution in [0.15, 0.2) is 72.8 Å². The van der Waals surface area contributed by atoms with Crippen molar-refractivity contribution < 1.29 is 19.1 Å². The summed E-state index contributed by atoms with van der Waals surface area (Å²) in [5, 5.41) is 0. The number of hydrogen-bond donors (Lipinski definition) is 2. The van der Waals surface area contributed by atoms with E-state index in [4.69, 9.17) is 9.47 Å². The van der Waals surface area contributed by atoms with E-state index < -0.39 is 11.9 Å². The summed E-state index contributed by atoms with van der Waals surface area (Å²) in [6, 6.07) is 24.1.